The third-order valence-electron chi connectivity index (χ3n) is 3.82. The number of hydrogen-bond donors (Lipinski definition) is 1. The molecule has 0 aliphatic carbocycles. The van der Waals surface area contributed by atoms with Crippen LogP contribution in [-0.4, -0.2) is 26.6 Å². The Balaban J connectivity index is 1.54. The molecule has 1 amide bonds. The van der Waals surface area contributed by atoms with E-state index < -0.39 is 9.84 Å². The summed E-state index contributed by atoms with van der Waals surface area (Å²) in [7, 11) is -3.42. The van der Waals surface area contributed by atoms with Crippen LogP contribution in [-0.2, 0) is 16.4 Å². The highest BCUT2D eigenvalue weighted by Gasteiger charge is 2.14. The Labute approximate surface area is 162 Å². The van der Waals surface area contributed by atoms with Crippen LogP contribution in [0.3, 0.4) is 0 Å². The third kappa shape index (κ3) is 5.42. The molecule has 0 bridgehead atoms. The molecule has 3 rings (SSSR count). The van der Waals surface area contributed by atoms with E-state index in [4.69, 9.17) is 4.74 Å². The highest BCUT2D eigenvalue weighted by molar-refractivity contribution is 7.91. The summed E-state index contributed by atoms with van der Waals surface area (Å²) in [5, 5.41) is 4.63. The number of benzene rings is 2. The van der Waals surface area contributed by atoms with Crippen molar-refractivity contribution in [2.24, 2.45) is 0 Å². The van der Waals surface area contributed by atoms with E-state index in [1.807, 2.05) is 17.5 Å². The van der Waals surface area contributed by atoms with Crippen LogP contribution in [0.15, 0.2) is 77.0 Å². The van der Waals surface area contributed by atoms with Gasteiger partial charge in [0.15, 0.2) is 9.84 Å². The Bertz CT molecular complexity index is 984. The highest BCUT2D eigenvalue weighted by atomic mass is 32.2. The molecule has 0 fully saturated rings. The summed E-state index contributed by atoms with van der Waals surface area (Å²) in [5.41, 5.74) is 0.427. The minimum absolute atomic E-state index is 0.0380. The molecule has 0 spiro atoms. The smallest absolute Gasteiger partial charge is 0.251 e. The molecule has 27 heavy (non-hydrogen) atoms. The maximum atomic E-state index is 12.3. The van der Waals surface area contributed by atoms with Crippen molar-refractivity contribution in [2.45, 2.75) is 11.5 Å². The zero-order valence-electron chi connectivity index (χ0n) is 14.5. The van der Waals surface area contributed by atoms with Crippen LogP contribution in [0.25, 0.3) is 0 Å². The summed E-state index contributed by atoms with van der Waals surface area (Å²) in [6, 6.07) is 19.0. The molecule has 5 nitrogen and oxygen atoms in total. The minimum atomic E-state index is -3.42. The number of sulfone groups is 1. The fraction of sp³-hybridized carbons (Fsp3) is 0.150. The van der Waals surface area contributed by atoms with Gasteiger partial charge in [-0.15, -0.1) is 11.3 Å². The van der Waals surface area contributed by atoms with Crippen molar-refractivity contribution in [1.82, 2.24) is 5.32 Å². The van der Waals surface area contributed by atoms with Gasteiger partial charge < -0.3 is 10.1 Å². The van der Waals surface area contributed by atoms with Crippen LogP contribution in [0.4, 0.5) is 0 Å². The lowest BCUT2D eigenvalue weighted by molar-refractivity contribution is 0.0955. The average Bonchev–Trinajstić information content (AvgIpc) is 3.21. The molecule has 0 saturated heterocycles. The Morgan fingerprint density at radius 3 is 2.56 bits per heavy atom. The Hall–Kier alpha value is -2.64. The zero-order chi connectivity index (χ0) is 19.1. The molecular formula is C20H19NO4S2. The molecule has 1 N–H and O–H groups in total. The molecule has 1 aromatic heterocycles. The van der Waals surface area contributed by atoms with Gasteiger partial charge in [-0.05, 0) is 41.8 Å². The van der Waals surface area contributed by atoms with Gasteiger partial charge in [0, 0.05) is 17.0 Å². The normalized spacial score (nSPS) is 11.1. The van der Waals surface area contributed by atoms with Gasteiger partial charge in [0.05, 0.1) is 10.6 Å². The molecule has 1 heterocycles. The number of amides is 1. The van der Waals surface area contributed by atoms with Crippen molar-refractivity contribution in [2.75, 3.05) is 12.3 Å². The van der Waals surface area contributed by atoms with Gasteiger partial charge in [0.2, 0.25) is 0 Å². The van der Waals surface area contributed by atoms with E-state index >= 15 is 0 Å². The Morgan fingerprint density at radius 2 is 1.81 bits per heavy atom. The van der Waals surface area contributed by atoms with Crippen LogP contribution in [0.2, 0.25) is 0 Å². The molecule has 140 valence electrons. The van der Waals surface area contributed by atoms with Gasteiger partial charge in [0.1, 0.15) is 12.4 Å². The van der Waals surface area contributed by atoms with Gasteiger partial charge >= 0.3 is 0 Å². The number of ether oxygens (including phenoxy) is 1. The maximum absolute atomic E-state index is 12.3. The van der Waals surface area contributed by atoms with E-state index in [1.165, 1.54) is 0 Å². The topological polar surface area (TPSA) is 72.5 Å². The van der Waals surface area contributed by atoms with E-state index in [2.05, 4.69) is 5.32 Å². The van der Waals surface area contributed by atoms with Gasteiger partial charge in [-0.3, -0.25) is 4.79 Å². The van der Waals surface area contributed by atoms with Crippen LogP contribution < -0.4 is 10.1 Å². The number of nitrogens with one attached hydrogen (secondary N) is 1. The number of carbonyl (C=O) groups excluding carboxylic acids is 1. The molecule has 2 aromatic carbocycles. The number of rotatable bonds is 8. The SMILES string of the molecule is O=C(NCCS(=O)(=O)c1ccccc1)c1cccc(OCc2cccs2)c1. The van der Waals surface area contributed by atoms with E-state index in [9.17, 15) is 13.2 Å². The Morgan fingerprint density at radius 1 is 1.00 bits per heavy atom. The average molecular weight is 402 g/mol. The third-order valence-corrected chi connectivity index (χ3v) is 6.40. The summed E-state index contributed by atoms with van der Waals surface area (Å²) in [6.45, 7) is 0.481. The lowest BCUT2D eigenvalue weighted by atomic mass is 10.2. The molecule has 0 aliphatic rings. The molecule has 0 atom stereocenters. The number of hydrogen-bond acceptors (Lipinski definition) is 5. The largest absolute Gasteiger partial charge is 0.488 e. The molecule has 3 aromatic rings. The fourth-order valence-electron chi connectivity index (χ4n) is 2.42. The van der Waals surface area contributed by atoms with Crippen molar-refractivity contribution in [3.05, 3.63) is 82.6 Å². The van der Waals surface area contributed by atoms with Crippen molar-refractivity contribution in [1.29, 1.82) is 0 Å². The molecule has 0 unspecified atom stereocenters. The molecular weight excluding hydrogens is 382 g/mol. The first-order valence-corrected chi connectivity index (χ1v) is 10.9. The van der Waals surface area contributed by atoms with Gasteiger partial charge in [-0.25, -0.2) is 8.42 Å². The van der Waals surface area contributed by atoms with Crippen molar-refractivity contribution in [3.8, 4) is 5.75 Å². The summed E-state index contributed by atoms with van der Waals surface area (Å²) in [5.74, 6) is 0.102. The number of carbonyl (C=O) groups is 1. The lowest BCUT2D eigenvalue weighted by Crippen LogP contribution is -2.29. The lowest BCUT2D eigenvalue weighted by Gasteiger charge is -2.09. The van der Waals surface area contributed by atoms with Crippen LogP contribution in [0, 0.1) is 0 Å². The van der Waals surface area contributed by atoms with Crippen molar-refractivity contribution in [3.63, 3.8) is 0 Å². The van der Waals surface area contributed by atoms with Gasteiger partial charge in [0.25, 0.3) is 5.91 Å². The van der Waals surface area contributed by atoms with Gasteiger partial charge in [-0.2, -0.15) is 0 Å². The standard InChI is InChI=1S/C20H19NO4S2/c22-20(21-11-13-27(23,24)19-9-2-1-3-10-19)16-6-4-7-17(14-16)25-15-18-8-5-12-26-18/h1-10,12,14H,11,13,15H2,(H,21,22). The summed E-state index contributed by atoms with van der Waals surface area (Å²) < 4.78 is 30.2. The quantitative estimate of drug-likeness (QED) is 0.627. The highest BCUT2D eigenvalue weighted by Crippen LogP contribution is 2.17. The number of thiophene rings is 1. The first kappa shape index (κ1) is 19.1. The van der Waals surface area contributed by atoms with E-state index in [0.29, 0.717) is 17.9 Å². The second-order valence-electron chi connectivity index (χ2n) is 5.78. The predicted octanol–water partition coefficient (Wildman–Crippen LogP) is 3.53. The second kappa shape index (κ2) is 8.83. The summed E-state index contributed by atoms with van der Waals surface area (Å²) in [4.78, 5) is 13.6. The van der Waals surface area contributed by atoms with E-state index in [0.717, 1.165) is 4.88 Å². The predicted molar refractivity (Wildman–Crippen MR) is 106 cm³/mol. The fourth-order valence-corrected chi connectivity index (χ4v) is 4.22. The van der Waals surface area contributed by atoms with E-state index in [-0.39, 0.29) is 23.1 Å². The first-order valence-electron chi connectivity index (χ1n) is 8.36. The maximum Gasteiger partial charge on any atom is 0.251 e. The van der Waals surface area contributed by atoms with Gasteiger partial charge in [-0.1, -0.05) is 30.3 Å². The van der Waals surface area contributed by atoms with Crippen molar-refractivity contribution < 1.29 is 17.9 Å². The van der Waals surface area contributed by atoms with Crippen LogP contribution in [0.1, 0.15) is 15.2 Å². The molecule has 0 radical (unpaired) electrons. The zero-order valence-corrected chi connectivity index (χ0v) is 16.1. The van der Waals surface area contributed by atoms with E-state index in [1.54, 1.807) is 65.9 Å². The monoisotopic (exact) mass is 401 g/mol. The summed E-state index contributed by atoms with van der Waals surface area (Å²) in [6.07, 6.45) is 0. The molecule has 0 aliphatic heterocycles. The Kier molecular flexibility index (Phi) is 6.26. The summed E-state index contributed by atoms with van der Waals surface area (Å²) >= 11 is 1.60. The van der Waals surface area contributed by atoms with Crippen LogP contribution >= 0.6 is 11.3 Å². The van der Waals surface area contributed by atoms with Crippen molar-refractivity contribution >= 4 is 27.1 Å². The molecule has 0 saturated carbocycles. The molecule has 7 heteroatoms. The second-order valence-corrected chi connectivity index (χ2v) is 8.93. The minimum Gasteiger partial charge on any atom is -0.488 e. The van der Waals surface area contributed by atoms with Crippen LogP contribution in [0.5, 0.6) is 5.75 Å². The first-order chi connectivity index (χ1) is 13.0.